The minimum absolute atomic E-state index is 0.230. The minimum atomic E-state index is -0.627. The Morgan fingerprint density at radius 3 is 2.71 bits per heavy atom. The molecule has 0 unspecified atom stereocenters. The first-order valence-corrected chi connectivity index (χ1v) is 7.71. The van der Waals surface area contributed by atoms with Gasteiger partial charge in [-0.1, -0.05) is 19.1 Å². The molecule has 0 aliphatic heterocycles. The van der Waals surface area contributed by atoms with E-state index in [0.717, 1.165) is 0 Å². The van der Waals surface area contributed by atoms with Crippen molar-refractivity contribution in [3.63, 3.8) is 0 Å². The Kier molecular flexibility index (Phi) is 5.57. The van der Waals surface area contributed by atoms with E-state index in [1.54, 1.807) is 19.1 Å². The van der Waals surface area contributed by atoms with Crippen LogP contribution in [0.3, 0.4) is 0 Å². The number of halogens is 1. The Balaban J connectivity index is 2.46. The summed E-state index contributed by atoms with van der Waals surface area (Å²) in [6, 6.07) is 6.13. The van der Waals surface area contributed by atoms with Gasteiger partial charge in [0, 0.05) is 12.0 Å². The Hall–Kier alpha value is -2.83. The lowest BCUT2D eigenvalue weighted by Gasteiger charge is -2.17. The summed E-state index contributed by atoms with van der Waals surface area (Å²) in [6.45, 7) is 3.83. The summed E-state index contributed by atoms with van der Waals surface area (Å²) >= 11 is 0. The molecule has 0 aliphatic carbocycles. The van der Waals surface area contributed by atoms with Gasteiger partial charge in [0.05, 0.1) is 23.7 Å². The van der Waals surface area contributed by atoms with Gasteiger partial charge in [-0.2, -0.15) is 0 Å². The summed E-state index contributed by atoms with van der Waals surface area (Å²) in [5, 5.41) is 2.62. The van der Waals surface area contributed by atoms with Crippen molar-refractivity contribution in [3.8, 4) is 0 Å². The van der Waals surface area contributed by atoms with Gasteiger partial charge in [-0.15, -0.1) is 0 Å². The first-order valence-electron chi connectivity index (χ1n) is 7.71. The van der Waals surface area contributed by atoms with Gasteiger partial charge in [0.1, 0.15) is 11.6 Å². The summed E-state index contributed by atoms with van der Waals surface area (Å²) < 4.78 is 18.3. The summed E-state index contributed by atoms with van der Waals surface area (Å²) in [6.07, 6.45) is 0.221. The molecule has 6 nitrogen and oxygen atoms in total. The first kappa shape index (κ1) is 17.5. The zero-order valence-electron chi connectivity index (χ0n) is 13.7. The molecule has 1 aromatic carbocycles. The number of nitrogens with two attached hydrogens (primary N) is 2. The maximum atomic E-state index is 13.4. The average molecular weight is 332 g/mol. The summed E-state index contributed by atoms with van der Waals surface area (Å²) in [7, 11) is 0. The molecule has 1 heterocycles. The van der Waals surface area contributed by atoms with Crippen molar-refractivity contribution < 1.29 is 13.9 Å². The third-order valence-electron chi connectivity index (χ3n) is 3.56. The van der Waals surface area contributed by atoms with Gasteiger partial charge in [-0.05, 0) is 31.0 Å². The van der Waals surface area contributed by atoms with Crippen LogP contribution >= 0.6 is 0 Å². The second-order valence-electron chi connectivity index (χ2n) is 5.22. The lowest BCUT2D eigenvalue weighted by Crippen LogP contribution is -2.18. The number of ether oxygens (including phenoxy) is 1. The predicted molar refractivity (Wildman–Crippen MR) is 92.3 cm³/mol. The maximum Gasteiger partial charge on any atom is 0.411 e. The number of nitrogens with one attached hydrogen (secondary N) is 1. The highest BCUT2D eigenvalue weighted by Gasteiger charge is 2.18. The first-order chi connectivity index (χ1) is 11.5. The Bertz CT molecular complexity index is 750. The number of hydrogen-bond acceptors (Lipinski definition) is 5. The van der Waals surface area contributed by atoms with E-state index in [1.165, 1.54) is 12.1 Å². The number of rotatable bonds is 5. The van der Waals surface area contributed by atoms with Gasteiger partial charge in [0.15, 0.2) is 0 Å². The predicted octanol–water partition coefficient (Wildman–Crippen LogP) is 3.11. The van der Waals surface area contributed by atoms with Crippen molar-refractivity contribution >= 4 is 23.3 Å². The fraction of sp³-hybridized carbons (Fsp3) is 0.294. The number of nitrogen functional groups attached to an aromatic ring is 2. The number of carbonyl (C=O) groups excluding carboxylic acids is 1. The maximum absolute atomic E-state index is 13.4. The molecule has 5 N–H and O–H groups in total. The lowest BCUT2D eigenvalue weighted by molar-refractivity contribution is 0.168. The number of aromatic nitrogens is 1. The lowest BCUT2D eigenvalue weighted by atomic mass is 10.0. The second-order valence-corrected chi connectivity index (χ2v) is 5.22. The van der Waals surface area contributed by atoms with E-state index >= 15 is 0 Å². The standard InChI is InChI=1S/C17H21FN4O2/c1-3-12-14(19)15(22-17(23)24-4-2)13(21-16(12)20)9-10-6-5-7-11(18)8-10/h5-8H,3-4,9H2,1-2H3,(H,22,23)(H4,19,20,21). The molecule has 0 aliphatic rings. The van der Waals surface area contributed by atoms with Crippen LogP contribution in [0.2, 0.25) is 0 Å². The minimum Gasteiger partial charge on any atom is -0.450 e. The zero-order valence-corrected chi connectivity index (χ0v) is 13.7. The van der Waals surface area contributed by atoms with E-state index in [4.69, 9.17) is 16.2 Å². The largest absolute Gasteiger partial charge is 0.450 e. The molecule has 0 bridgehead atoms. The van der Waals surface area contributed by atoms with E-state index in [0.29, 0.717) is 40.4 Å². The summed E-state index contributed by atoms with van der Waals surface area (Å²) in [4.78, 5) is 16.1. The molecule has 1 aromatic heterocycles. The van der Waals surface area contributed by atoms with Crippen LogP contribution in [0, 0.1) is 5.82 Å². The highest BCUT2D eigenvalue weighted by atomic mass is 19.1. The molecular weight excluding hydrogens is 311 g/mol. The topological polar surface area (TPSA) is 103 Å². The van der Waals surface area contributed by atoms with E-state index in [1.807, 2.05) is 6.92 Å². The molecule has 0 fully saturated rings. The third kappa shape index (κ3) is 3.92. The van der Waals surface area contributed by atoms with Crippen molar-refractivity contribution in [3.05, 3.63) is 46.9 Å². The molecule has 0 spiro atoms. The highest BCUT2D eigenvalue weighted by Crippen LogP contribution is 2.31. The number of benzene rings is 1. The van der Waals surface area contributed by atoms with E-state index in [9.17, 15) is 9.18 Å². The molecule has 0 atom stereocenters. The molecular formula is C17H21FN4O2. The van der Waals surface area contributed by atoms with Gasteiger partial charge in [0.25, 0.3) is 0 Å². The van der Waals surface area contributed by atoms with Crippen LogP contribution in [-0.2, 0) is 17.6 Å². The van der Waals surface area contributed by atoms with Crippen molar-refractivity contribution in [1.29, 1.82) is 0 Å². The van der Waals surface area contributed by atoms with E-state index < -0.39 is 6.09 Å². The molecule has 2 rings (SSSR count). The van der Waals surface area contributed by atoms with Crippen LogP contribution in [0.4, 0.5) is 26.4 Å². The zero-order chi connectivity index (χ0) is 17.7. The van der Waals surface area contributed by atoms with Crippen molar-refractivity contribution in [2.75, 3.05) is 23.4 Å². The Morgan fingerprint density at radius 1 is 1.33 bits per heavy atom. The van der Waals surface area contributed by atoms with Crippen LogP contribution in [-0.4, -0.2) is 17.7 Å². The number of anilines is 3. The quantitative estimate of drug-likeness (QED) is 0.780. The number of hydrogen-bond donors (Lipinski definition) is 3. The van der Waals surface area contributed by atoms with Crippen LogP contribution in [0.1, 0.15) is 30.7 Å². The highest BCUT2D eigenvalue weighted by molar-refractivity contribution is 5.91. The van der Waals surface area contributed by atoms with Crippen molar-refractivity contribution in [2.24, 2.45) is 0 Å². The SMILES string of the molecule is CCOC(=O)Nc1c(Cc2cccc(F)c2)nc(N)c(CC)c1N. The van der Waals surface area contributed by atoms with E-state index in [-0.39, 0.29) is 18.8 Å². The summed E-state index contributed by atoms with van der Waals surface area (Å²) in [5.41, 5.74) is 14.6. The van der Waals surface area contributed by atoms with Crippen molar-refractivity contribution in [1.82, 2.24) is 4.98 Å². The van der Waals surface area contributed by atoms with Crippen LogP contribution in [0.25, 0.3) is 0 Å². The van der Waals surface area contributed by atoms with Crippen LogP contribution in [0.15, 0.2) is 24.3 Å². The van der Waals surface area contributed by atoms with Crippen molar-refractivity contribution in [2.45, 2.75) is 26.7 Å². The second kappa shape index (κ2) is 7.63. The molecule has 0 saturated carbocycles. The molecule has 0 saturated heterocycles. The molecule has 7 heteroatoms. The fourth-order valence-electron chi connectivity index (χ4n) is 2.46. The molecule has 24 heavy (non-hydrogen) atoms. The van der Waals surface area contributed by atoms with Gasteiger partial charge >= 0.3 is 6.09 Å². The monoisotopic (exact) mass is 332 g/mol. The molecule has 0 radical (unpaired) electrons. The van der Waals surface area contributed by atoms with Crippen LogP contribution in [0.5, 0.6) is 0 Å². The Labute approximate surface area is 140 Å². The third-order valence-corrected chi connectivity index (χ3v) is 3.56. The molecule has 128 valence electrons. The Morgan fingerprint density at radius 2 is 2.08 bits per heavy atom. The number of amides is 1. The van der Waals surface area contributed by atoms with Gasteiger partial charge in [0.2, 0.25) is 0 Å². The number of pyridine rings is 1. The van der Waals surface area contributed by atoms with Gasteiger partial charge < -0.3 is 16.2 Å². The van der Waals surface area contributed by atoms with Gasteiger partial charge in [-0.25, -0.2) is 14.2 Å². The smallest absolute Gasteiger partial charge is 0.411 e. The summed E-state index contributed by atoms with van der Waals surface area (Å²) in [5.74, 6) is -0.0469. The molecule has 2 aromatic rings. The van der Waals surface area contributed by atoms with E-state index in [2.05, 4.69) is 10.3 Å². The molecule has 1 amide bonds. The van der Waals surface area contributed by atoms with Crippen LogP contribution < -0.4 is 16.8 Å². The average Bonchev–Trinajstić information content (AvgIpc) is 2.52. The van der Waals surface area contributed by atoms with Gasteiger partial charge in [-0.3, -0.25) is 5.32 Å². The fourth-order valence-corrected chi connectivity index (χ4v) is 2.46. The number of nitrogens with zero attached hydrogens (tertiary/aromatic N) is 1. The number of carbonyl (C=O) groups is 1. The normalized spacial score (nSPS) is 10.5.